The molecular formula is C23H19Cl2N5O2. The Morgan fingerprint density at radius 1 is 0.938 bits per heavy atom. The van der Waals surface area contributed by atoms with Gasteiger partial charge in [0.1, 0.15) is 0 Å². The van der Waals surface area contributed by atoms with Crippen molar-refractivity contribution in [3.8, 4) is 16.9 Å². The molecule has 0 spiro atoms. The normalized spacial score (nSPS) is 11.7. The fourth-order valence-corrected chi connectivity index (χ4v) is 4.66. The Balaban J connectivity index is 2.00. The van der Waals surface area contributed by atoms with E-state index >= 15 is 0 Å². The molecular weight excluding hydrogens is 449 g/mol. The summed E-state index contributed by atoms with van der Waals surface area (Å²) < 4.78 is 6.13. The first-order chi connectivity index (χ1) is 15.2. The Bertz CT molecular complexity index is 1690. The Kier molecular flexibility index (Phi) is 4.58. The zero-order valence-electron chi connectivity index (χ0n) is 17.8. The molecule has 0 atom stereocenters. The number of rotatable bonds is 2. The summed E-state index contributed by atoms with van der Waals surface area (Å²) in [5.74, 6) is 0.506. The van der Waals surface area contributed by atoms with Crippen molar-refractivity contribution >= 4 is 40.1 Å². The van der Waals surface area contributed by atoms with E-state index in [2.05, 4.69) is 6.07 Å². The van der Waals surface area contributed by atoms with Crippen LogP contribution in [0.5, 0.6) is 0 Å². The van der Waals surface area contributed by atoms with Gasteiger partial charge in [-0.2, -0.15) is 4.98 Å². The molecule has 5 rings (SSSR count). The summed E-state index contributed by atoms with van der Waals surface area (Å²) in [5.41, 5.74) is 4.34. The molecule has 0 saturated heterocycles. The molecule has 0 aliphatic carbocycles. The third-order valence-electron chi connectivity index (χ3n) is 5.77. The second-order valence-corrected chi connectivity index (χ2v) is 8.77. The number of halogens is 2. The quantitative estimate of drug-likeness (QED) is 0.389. The summed E-state index contributed by atoms with van der Waals surface area (Å²) in [7, 11) is 3.07. The summed E-state index contributed by atoms with van der Waals surface area (Å²) in [4.78, 5) is 30.2. The van der Waals surface area contributed by atoms with Crippen LogP contribution in [0.1, 0.15) is 11.1 Å². The standard InChI is InChI=1S/C23H19Cl2N5O2/c1-12-5-8-17(13(2)9-12)30-18(15-7-6-14(24)10-16(15)25)11-29-19-20(26-22(29)30)27(3)23(32)28(4)21(19)31/h5-11H,1-4H3. The van der Waals surface area contributed by atoms with Crippen LogP contribution in [0.25, 0.3) is 33.9 Å². The summed E-state index contributed by atoms with van der Waals surface area (Å²) in [6.45, 7) is 4.05. The molecule has 0 fully saturated rings. The molecule has 0 unspecified atom stereocenters. The van der Waals surface area contributed by atoms with Gasteiger partial charge in [-0.05, 0) is 43.7 Å². The van der Waals surface area contributed by atoms with Gasteiger partial charge in [-0.3, -0.25) is 22.9 Å². The summed E-state index contributed by atoms with van der Waals surface area (Å²) in [5, 5.41) is 1.01. The molecule has 9 heteroatoms. The van der Waals surface area contributed by atoms with Crippen LogP contribution >= 0.6 is 23.2 Å². The topological polar surface area (TPSA) is 66.2 Å². The van der Waals surface area contributed by atoms with Crippen LogP contribution in [0.4, 0.5) is 0 Å². The zero-order valence-corrected chi connectivity index (χ0v) is 19.4. The number of hydrogen-bond acceptors (Lipinski definition) is 3. The van der Waals surface area contributed by atoms with E-state index in [-0.39, 0.29) is 0 Å². The largest absolute Gasteiger partial charge is 0.332 e. The Morgan fingerprint density at radius 3 is 2.38 bits per heavy atom. The highest BCUT2D eigenvalue weighted by Crippen LogP contribution is 2.35. The molecule has 162 valence electrons. The lowest BCUT2D eigenvalue weighted by Gasteiger charge is -2.13. The summed E-state index contributed by atoms with van der Waals surface area (Å²) >= 11 is 12.7. The average molecular weight is 468 g/mol. The molecule has 32 heavy (non-hydrogen) atoms. The maximum Gasteiger partial charge on any atom is 0.332 e. The number of aryl methyl sites for hydroxylation is 3. The van der Waals surface area contributed by atoms with Crippen LogP contribution in [-0.4, -0.2) is 23.1 Å². The van der Waals surface area contributed by atoms with Crippen molar-refractivity contribution in [3.05, 3.63) is 84.6 Å². The number of imidazole rings is 2. The minimum absolute atomic E-state index is 0.319. The number of benzene rings is 2. The third-order valence-corrected chi connectivity index (χ3v) is 6.31. The van der Waals surface area contributed by atoms with Crippen LogP contribution in [0.2, 0.25) is 10.0 Å². The van der Waals surface area contributed by atoms with E-state index in [1.807, 2.05) is 42.8 Å². The minimum atomic E-state index is -0.428. The minimum Gasteiger partial charge on any atom is -0.279 e. The first-order valence-electron chi connectivity index (χ1n) is 9.91. The third kappa shape index (κ3) is 2.85. The van der Waals surface area contributed by atoms with Crippen LogP contribution in [0, 0.1) is 13.8 Å². The van der Waals surface area contributed by atoms with Crippen LogP contribution in [0.3, 0.4) is 0 Å². The fourth-order valence-electron chi connectivity index (χ4n) is 4.15. The number of hydrogen-bond donors (Lipinski definition) is 0. The monoisotopic (exact) mass is 467 g/mol. The molecule has 0 saturated carbocycles. The molecule has 0 amide bonds. The van der Waals surface area contributed by atoms with Gasteiger partial charge in [-0.25, -0.2) is 4.79 Å². The Morgan fingerprint density at radius 2 is 1.69 bits per heavy atom. The van der Waals surface area contributed by atoms with E-state index < -0.39 is 11.2 Å². The van der Waals surface area contributed by atoms with Gasteiger partial charge in [-0.1, -0.05) is 40.9 Å². The highest BCUT2D eigenvalue weighted by atomic mass is 35.5. The molecule has 0 aliphatic rings. The predicted molar refractivity (Wildman–Crippen MR) is 127 cm³/mol. The SMILES string of the molecule is Cc1ccc(-n2c(-c3ccc(Cl)cc3Cl)cn3c4c(=O)n(C)c(=O)n(C)c4nc23)c(C)c1. The van der Waals surface area contributed by atoms with Gasteiger partial charge >= 0.3 is 5.69 Å². The molecule has 2 aromatic carbocycles. The maximum atomic E-state index is 13.0. The lowest BCUT2D eigenvalue weighted by Crippen LogP contribution is -2.37. The van der Waals surface area contributed by atoms with Crippen molar-refractivity contribution in [2.24, 2.45) is 14.1 Å². The van der Waals surface area contributed by atoms with Crippen molar-refractivity contribution in [2.75, 3.05) is 0 Å². The second-order valence-electron chi connectivity index (χ2n) is 7.92. The summed E-state index contributed by atoms with van der Waals surface area (Å²) in [6, 6.07) is 11.4. The van der Waals surface area contributed by atoms with Crippen molar-refractivity contribution in [1.82, 2.24) is 23.1 Å². The second kappa shape index (κ2) is 7.12. The van der Waals surface area contributed by atoms with Crippen LogP contribution < -0.4 is 11.2 Å². The fraction of sp³-hybridized carbons (Fsp3) is 0.174. The molecule has 3 aromatic heterocycles. The van der Waals surface area contributed by atoms with Gasteiger partial charge in [0.05, 0.1) is 16.4 Å². The van der Waals surface area contributed by atoms with Crippen LogP contribution in [0.15, 0.2) is 52.2 Å². The molecule has 7 nitrogen and oxygen atoms in total. The molecule has 3 heterocycles. The molecule has 0 bridgehead atoms. The van der Waals surface area contributed by atoms with Crippen molar-refractivity contribution < 1.29 is 0 Å². The van der Waals surface area contributed by atoms with Crippen molar-refractivity contribution in [2.45, 2.75) is 13.8 Å². The molecule has 0 N–H and O–H groups in total. The van der Waals surface area contributed by atoms with E-state index in [1.165, 1.54) is 11.6 Å². The summed E-state index contributed by atoms with van der Waals surface area (Å²) in [6.07, 6.45) is 1.82. The lowest BCUT2D eigenvalue weighted by molar-refractivity contribution is 0.708. The van der Waals surface area contributed by atoms with E-state index in [9.17, 15) is 9.59 Å². The highest BCUT2D eigenvalue weighted by Gasteiger charge is 2.23. The van der Waals surface area contributed by atoms with Crippen molar-refractivity contribution in [1.29, 1.82) is 0 Å². The molecule has 0 aliphatic heterocycles. The number of fused-ring (bicyclic) bond motifs is 3. The van der Waals surface area contributed by atoms with Gasteiger partial charge in [0.15, 0.2) is 11.2 Å². The smallest absolute Gasteiger partial charge is 0.279 e. The lowest BCUT2D eigenvalue weighted by atomic mass is 10.1. The maximum absolute atomic E-state index is 13.0. The average Bonchev–Trinajstić information content (AvgIpc) is 3.27. The predicted octanol–water partition coefficient (Wildman–Crippen LogP) is 4.27. The van der Waals surface area contributed by atoms with Crippen LogP contribution in [-0.2, 0) is 14.1 Å². The van der Waals surface area contributed by atoms with E-state index in [4.69, 9.17) is 28.2 Å². The van der Waals surface area contributed by atoms with Crippen molar-refractivity contribution in [3.63, 3.8) is 0 Å². The van der Waals surface area contributed by atoms with E-state index in [0.29, 0.717) is 27.0 Å². The van der Waals surface area contributed by atoms with Gasteiger partial charge in [0.25, 0.3) is 5.56 Å². The zero-order chi connectivity index (χ0) is 22.9. The molecule has 5 aromatic rings. The van der Waals surface area contributed by atoms with Gasteiger partial charge in [0.2, 0.25) is 5.78 Å². The van der Waals surface area contributed by atoms with Gasteiger partial charge < -0.3 is 0 Å². The number of aromatic nitrogens is 5. The van der Waals surface area contributed by atoms with Gasteiger partial charge in [0, 0.05) is 30.9 Å². The highest BCUT2D eigenvalue weighted by molar-refractivity contribution is 6.36. The molecule has 0 radical (unpaired) electrons. The Labute approximate surface area is 192 Å². The first-order valence-corrected chi connectivity index (χ1v) is 10.7. The van der Waals surface area contributed by atoms with E-state index in [1.54, 1.807) is 23.6 Å². The van der Waals surface area contributed by atoms with Gasteiger partial charge in [-0.15, -0.1) is 0 Å². The number of nitrogens with zero attached hydrogens (tertiary/aromatic N) is 5. The Hall–Kier alpha value is -3.29. The first kappa shape index (κ1) is 20.6. The van der Waals surface area contributed by atoms with E-state index in [0.717, 1.165) is 32.6 Å².